The van der Waals surface area contributed by atoms with E-state index in [9.17, 15) is 14.4 Å². The second-order valence-electron chi connectivity index (χ2n) is 5.01. The molecule has 1 aromatic carbocycles. The van der Waals surface area contributed by atoms with E-state index in [-0.39, 0.29) is 23.9 Å². The Hall–Kier alpha value is -2.02. The van der Waals surface area contributed by atoms with Gasteiger partial charge in [0.25, 0.3) is 0 Å². The molecule has 1 aromatic rings. The number of hydrogen-bond acceptors (Lipinski definition) is 4. The molecule has 0 aliphatic carbocycles. The number of carbonyl (C=O) groups excluding carboxylic acids is 2. The van der Waals surface area contributed by atoms with Crippen molar-refractivity contribution in [3.63, 3.8) is 0 Å². The van der Waals surface area contributed by atoms with E-state index in [1.165, 1.54) is 17.8 Å². The van der Waals surface area contributed by atoms with E-state index in [2.05, 4.69) is 0 Å². The van der Waals surface area contributed by atoms with Crippen molar-refractivity contribution >= 4 is 35.2 Å². The normalized spacial score (nSPS) is 17.2. The molecule has 2 aliphatic rings. The Kier molecular flexibility index (Phi) is 3.59. The predicted molar refractivity (Wildman–Crippen MR) is 78.5 cm³/mol. The molecule has 7 heteroatoms. The van der Waals surface area contributed by atoms with Crippen molar-refractivity contribution in [3.05, 3.63) is 29.3 Å². The molecule has 0 spiro atoms. The lowest BCUT2D eigenvalue weighted by Gasteiger charge is -2.21. The number of benzene rings is 1. The van der Waals surface area contributed by atoms with Crippen LogP contribution in [0.5, 0.6) is 0 Å². The summed E-state index contributed by atoms with van der Waals surface area (Å²) >= 11 is 1.51. The molecular weight excluding hydrogens is 292 g/mol. The third-order valence-corrected chi connectivity index (χ3v) is 4.62. The van der Waals surface area contributed by atoms with Crippen LogP contribution >= 0.6 is 11.8 Å². The zero-order valence-corrected chi connectivity index (χ0v) is 12.1. The van der Waals surface area contributed by atoms with Gasteiger partial charge in [0.2, 0.25) is 11.8 Å². The zero-order valence-electron chi connectivity index (χ0n) is 11.2. The number of amides is 2. The Balaban J connectivity index is 1.76. The Bertz CT molecular complexity index is 631. The van der Waals surface area contributed by atoms with Gasteiger partial charge in [0.05, 0.1) is 17.2 Å². The van der Waals surface area contributed by atoms with Crippen LogP contribution in [0, 0.1) is 0 Å². The highest BCUT2D eigenvalue weighted by Gasteiger charge is 2.29. The van der Waals surface area contributed by atoms with Crippen LogP contribution in [0.1, 0.15) is 15.9 Å². The third kappa shape index (κ3) is 2.61. The summed E-state index contributed by atoms with van der Waals surface area (Å²) in [6.45, 7) is 0.623. The number of nitrogens with zero attached hydrogens (tertiary/aromatic N) is 2. The molecule has 0 saturated carbocycles. The van der Waals surface area contributed by atoms with Gasteiger partial charge in [-0.2, -0.15) is 0 Å². The lowest BCUT2D eigenvalue weighted by atomic mass is 10.1. The second-order valence-corrected chi connectivity index (χ2v) is 5.97. The Morgan fingerprint density at radius 2 is 2.14 bits per heavy atom. The van der Waals surface area contributed by atoms with Crippen molar-refractivity contribution < 1.29 is 19.5 Å². The fourth-order valence-corrected chi connectivity index (χ4v) is 3.49. The summed E-state index contributed by atoms with van der Waals surface area (Å²) < 4.78 is 0. The first-order valence-corrected chi connectivity index (χ1v) is 7.74. The first-order valence-electron chi connectivity index (χ1n) is 6.58. The molecule has 2 heterocycles. The number of anilines is 1. The topological polar surface area (TPSA) is 77.9 Å². The standard InChI is InChI=1S/C14H14N2O4S/c17-12(6-15-8-21-7-13(15)18)16-4-3-9-5-10(14(19)20)1-2-11(9)16/h1-2,5H,3-4,6-8H2,(H,19,20). The van der Waals surface area contributed by atoms with Gasteiger partial charge in [0, 0.05) is 12.2 Å². The highest BCUT2D eigenvalue weighted by molar-refractivity contribution is 8.00. The average molecular weight is 306 g/mol. The van der Waals surface area contributed by atoms with Gasteiger partial charge in [-0.15, -0.1) is 11.8 Å². The van der Waals surface area contributed by atoms with Gasteiger partial charge in [0.1, 0.15) is 6.54 Å². The van der Waals surface area contributed by atoms with Gasteiger partial charge in [-0.3, -0.25) is 9.59 Å². The van der Waals surface area contributed by atoms with Crippen molar-refractivity contribution in [3.8, 4) is 0 Å². The van der Waals surface area contributed by atoms with Gasteiger partial charge in [-0.25, -0.2) is 4.79 Å². The highest BCUT2D eigenvalue weighted by Crippen LogP contribution is 2.29. The SMILES string of the molecule is O=C(O)c1ccc2c(c1)CCN2C(=O)CN1CSCC1=O. The van der Waals surface area contributed by atoms with Gasteiger partial charge in [-0.1, -0.05) is 0 Å². The van der Waals surface area contributed by atoms with Crippen LogP contribution < -0.4 is 4.90 Å². The Morgan fingerprint density at radius 3 is 2.81 bits per heavy atom. The van der Waals surface area contributed by atoms with E-state index in [0.29, 0.717) is 24.6 Å². The van der Waals surface area contributed by atoms with E-state index in [0.717, 1.165) is 11.3 Å². The minimum Gasteiger partial charge on any atom is -0.478 e. The van der Waals surface area contributed by atoms with Crippen molar-refractivity contribution in [2.45, 2.75) is 6.42 Å². The first kappa shape index (κ1) is 13.9. The molecule has 0 atom stereocenters. The minimum atomic E-state index is -0.970. The Morgan fingerprint density at radius 1 is 1.33 bits per heavy atom. The summed E-state index contributed by atoms with van der Waals surface area (Å²) in [7, 11) is 0. The molecule has 110 valence electrons. The zero-order chi connectivity index (χ0) is 15.0. The summed E-state index contributed by atoms with van der Waals surface area (Å²) in [6, 6.07) is 4.79. The monoisotopic (exact) mass is 306 g/mol. The number of thioether (sulfide) groups is 1. The maximum Gasteiger partial charge on any atom is 0.335 e. The number of carbonyl (C=O) groups is 3. The molecule has 0 aromatic heterocycles. The van der Waals surface area contributed by atoms with Gasteiger partial charge in [0.15, 0.2) is 0 Å². The molecule has 0 bridgehead atoms. The fourth-order valence-electron chi connectivity index (χ4n) is 2.58. The van der Waals surface area contributed by atoms with Crippen molar-refractivity contribution in [1.29, 1.82) is 0 Å². The van der Waals surface area contributed by atoms with Gasteiger partial charge < -0.3 is 14.9 Å². The number of hydrogen-bond donors (Lipinski definition) is 1. The molecule has 1 N–H and O–H groups in total. The number of rotatable bonds is 3. The number of carboxylic acid groups (broad SMARTS) is 1. The van der Waals surface area contributed by atoms with E-state index < -0.39 is 5.97 Å². The van der Waals surface area contributed by atoms with Crippen LogP contribution in [0.4, 0.5) is 5.69 Å². The molecule has 0 radical (unpaired) electrons. The molecule has 6 nitrogen and oxygen atoms in total. The van der Waals surface area contributed by atoms with Crippen LogP contribution in [0.25, 0.3) is 0 Å². The van der Waals surface area contributed by atoms with Crippen LogP contribution in [-0.4, -0.2) is 52.5 Å². The van der Waals surface area contributed by atoms with Crippen LogP contribution in [0.3, 0.4) is 0 Å². The molecule has 1 fully saturated rings. The third-order valence-electron chi connectivity index (χ3n) is 3.67. The van der Waals surface area contributed by atoms with E-state index in [1.54, 1.807) is 21.9 Å². The van der Waals surface area contributed by atoms with Gasteiger partial charge >= 0.3 is 5.97 Å². The predicted octanol–water partition coefficient (Wildman–Crippen LogP) is 0.807. The van der Waals surface area contributed by atoms with Crippen molar-refractivity contribution in [2.24, 2.45) is 0 Å². The van der Waals surface area contributed by atoms with E-state index in [4.69, 9.17) is 5.11 Å². The molecule has 21 heavy (non-hydrogen) atoms. The first-order chi connectivity index (χ1) is 10.1. The molecule has 2 aliphatic heterocycles. The second kappa shape index (κ2) is 5.40. The van der Waals surface area contributed by atoms with Crippen LogP contribution in [0.15, 0.2) is 18.2 Å². The number of carboxylic acids is 1. The maximum absolute atomic E-state index is 12.3. The summed E-state index contributed by atoms with van der Waals surface area (Å²) in [6.07, 6.45) is 0.644. The summed E-state index contributed by atoms with van der Waals surface area (Å²) in [5.41, 5.74) is 1.85. The minimum absolute atomic E-state index is 0.00556. The lowest BCUT2D eigenvalue weighted by Crippen LogP contribution is -2.40. The van der Waals surface area contributed by atoms with Crippen molar-refractivity contribution in [1.82, 2.24) is 4.90 Å². The summed E-state index contributed by atoms with van der Waals surface area (Å²) in [5.74, 6) is -0.0985. The number of fused-ring (bicyclic) bond motifs is 1. The quantitative estimate of drug-likeness (QED) is 0.894. The maximum atomic E-state index is 12.3. The summed E-state index contributed by atoms with van der Waals surface area (Å²) in [5, 5.41) is 8.98. The molecule has 2 amide bonds. The molecule has 3 rings (SSSR count). The van der Waals surface area contributed by atoms with E-state index >= 15 is 0 Å². The van der Waals surface area contributed by atoms with Crippen LogP contribution in [-0.2, 0) is 16.0 Å². The Labute approximate surface area is 125 Å². The lowest BCUT2D eigenvalue weighted by molar-refractivity contribution is -0.131. The average Bonchev–Trinajstić information content (AvgIpc) is 3.04. The smallest absolute Gasteiger partial charge is 0.335 e. The van der Waals surface area contributed by atoms with Crippen LogP contribution in [0.2, 0.25) is 0 Å². The molecule has 1 saturated heterocycles. The van der Waals surface area contributed by atoms with E-state index in [1.807, 2.05) is 0 Å². The largest absolute Gasteiger partial charge is 0.478 e. The summed E-state index contributed by atoms with van der Waals surface area (Å²) in [4.78, 5) is 38.0. The molecular formula is C14H14N2O4S. The number of aromatic carboxylic acids is 1. The van der Waals surface area contributed by atoms with Crippen molar-refractivity contribution in [2.75, 3.05) is 29.6 Å². The fraction of sp³-hybridized carbons (Fsp3) is 0.357. The molecule has 0 unspecified atom stereocenters. The highest BCUT2D eigenvalue weighted by atomic mass is 32.2. The van der Waals surface area contributed by atoms with Gasteiger partial charge in [-0.05, 0) is 30.2 Å².